The summed E-state index contributed by atoms with van der Waals surface area (Å²) in [6.45, 7) is 3.15. The number of anilines is 1. The van der Waals surface area contributed by atoms with E-state index in [0.717, 1.165) is 10.6 Å². The number of nitrogens with two attached hydrogens (primary N) is 1. The predicted molar refractivity (Wildman–Crippen MR) is 92.3 cm³/mol. The normalized spacial score (nSPS) is 11.6. The molecule has 0 aliphatic heterocycles. The van der Waals surface area contributed by atoms with Crippen molar-refractivity contribution in [3.8, 4) is 11.9 Å². The van der Waals surface area contributed by atoms with E-state index in [1.165, 1.54) is 19.1 Å². The van der Waals surface area contributed by atoms with Gasteiger partial charge >= 0.3 is 0 Å². The van der Waals surface area contributed by atoms with Gasteiger partial charge in [-0.25, -0.2) is 0 Å². The molecule has 1 heterocycles. The van der Waals surface area contributed by atoms with Gasteiger partial charge in [-0.3, -0.25) is 13.9 Å². The number of azo groups is 1. The average Bonchev–Trinajstić information content (AvgIpc) is 2.56. The van der Waals surface area contributed by atoms with Crippen molar-refractivity contribution in [1.82, 2.24) is 4.57 Å². The van der Waals surface area contributed by atoms with Crippen molar-refractivity contribution in [2.45, 2.75) is 25.3 Å². The second-order valence-corrected chi connectivity index (χ2v) is 6.62. The fourth-order valence-corrected chi connectivity index (χ4v) is 2.90. The maximum absolute atomic E-state index is 12.1. The quantitative estimate of drug-likeness (QED) is 0.415. The fourth-order valence-electron chi connectivity index (χ4n) is 2.27. The van der Waals surface area contributed by atoms with Gasteiger partial charge in [0, 0.05) is 12.1 Å². The Hall–Kier alpha value is -3.23. The lowest BCUT2D eigenvalue weighted by Gasteiger charge is -2.11. The Bertz CT molecular complexity index is 1110. The molecule has 0 unspecified atom stereocenters. The summed E-state index contributed by atoms with van der Waals surface area (Å²) < 4.78 is 32.7. The lowest BCUT2D eigenvalue weighted by atomic mass is 10.1. The van der Waals surface area contributed by atoms with Crippen molar-refractivity contribution in [2.75, 3.05) is 5.73 Å². The van der Waals surface area contributed by atoms with Crippen LogP contribution in [0.15, 0.2) is 38.1 Å². The standard InChI is InChI=1S/C15H15N5O5S/c1-3-20-14(21)10(7-16)8(2)13(15(20)22)19-18-9-4-5-11(17)12(6-9)26(23,24)25/h4-6,22H,3,17H2,1-2H3,(H,23,24,25). The Labute approximate surface area is 148 Å². The number of benzene rings is 1. The summed E-state index contributed by atoms with van der Waals surface area (Å²) in [7, 11) is -4.55. The highest BCUT2D eigenvalue weighted by Gasteiger charge is 2.19. The molecule has 136 valence electrons. The van der Waals surface area contributed by atoms with Crippen molar-refractivity contribution < 1.29 is 18.1 Å². The molecule has 0 radical (unpaired) electrons. The molecule has 0 atom stereocenters. The number of aromatic nitrogens is 1. The van der Waals surface area contributed by atoms with Crippen LogP contribution in [0.5, 0.6) is 5.88 Å². The third kappa shape index (κ3) is 3.41. The van der Waals surface area contributed by atoms with Gasteiger partial charge in [-0.2, -0.15) is 18.8 Å². The molecular weight excluding hydrogens is 362 g/mol. The zero-order valence-corrected chi connectivity index (χ0v) is 14.6. The highest BCUT2D eigenvalue weighted by atomic mass is 32.2. The molecule has 0 saturated heterocycles. The van der Waals surface area contributed by atoms with Crippen LogP contribution in [0.3, 0.4) is 0 Å². The van der Waals surface area contributed by atoms with E-state index in [1.807, 2.05) is 0 Å². The van der Waals surface area contributed by atoms with Crippen molar-refractivity contribution in [3.63, 3.8) is 0 Å². The Morgan fingerprint density at radius 2 is 2.00 bits per heavy atom. The van der Waals surface area contributed by atoms with Gasteiger partial charge in [0.2, 0.25) is 5.88 Å². The molecule has 2 rings (SSSR count). The lowest BCUT2D eigenvalue weighted by Crippen LogP contribution is -2.23. The molecule has 0 spiro atoms. The third-order valence-electron chi connectivity index (χ3n) is 3.63. The monoisotopic (exact) mass is 377 g/mol. The van der Waals surface area contributed by atoms with E-state index >= 15 is 0 Å². The fraction of sp³-hybridized carbons (Fsp3) is 0.200. The van der Waals surface area contributed by atoms with E-state index in [4.69, 9.17) is 15.5 Å². The van der Waals surface area contributed by atoms with E-state index in [0.29, 0.717) is 0 Å². The van der Waals surface area contributed by atoms with Gasteiger partial charge < -0.3 is 10.8 Å². The molecule has 1 aromatic carbocycles. The molecule has 4 N–H and O–H groups in total. The van der Waals surface area contributed by atoms with Crippen LogP contribution < -0.4 is 11.3 Å². The van der Waals surface area contributed by atoms with Crippen LogP contribution in [0.2, 0.25) is 0 Å². The number of nitrogen functional groups attached to an aromatic ring is 1. The summed E-state index contributed by atoms with van der Waals surface area (Å²) in [4.78, 5) is 11.6. The summed E-state index contributed by atoms with van der Waals surface area (Å²) in [5, 5.41) is 27.0. The maximum Gasteiger partial charge on any atom is 0.296 e. The Kier molecular flexibility index (Phi) is 5.10. The van der Waals surface area contributed by atoms with Crippen LogP contribution in [0.1, 0.15) is 18.1 Å². The summed E-state index contributed by atoms with van der Waals surface area (Å²) in [6, 6.07) is 5.34. The molecule has 1 aromatic heterocycles. The molecular formula is C15H15N5O5S. The number of hydrogen-bond acceptors (Lipinski definition) is 8. The molecule has 26 heavy (non-hydrogen) atoms. The minimum Gasteiger partial charge on any atom is -0.493 e. The van der Waals surface area contributed by atoms with Crippen molar-refractivity contribution in [2.24, 2.45) is 10.2 Å². The third-order valence-corrected chi connectivity index (χ3v) is 4.53. The van der Waals surface area contributed by atoms with E-state index in [9.17, 15) is 18.3 Å². The number of pyridine rings is 1. The first-order chi connectivity index (χ1) is 12.1. The first-order valence-electron chi connectivity index (χ1n) is 7.27. The molecule has 2 aromatic rings. The minimum atomic E-state index is -4.55. The molecule has 10 nitrogen and oxygen atoms in total. The van der Waals surface area contributed by atoms with E-state index in [1.54, 1.807) is 13.0 Å². The van der Waals surface area contributed by atoms with Gasteiger partial charge in [-0.05, 0) is 32.0 Å². The lowest BCUT2D eigenvalue weighted by molar-refractivity contribution is 0.412. The summed E-state index contributed by atoms with van der Waals surface area (Å²) in [5.74, 6) is -0.469. The molecule has 0 amide bonds. The Balaban J connectivity index is 2.63. The summed E-state index contributed by atoms with van der Waals surface area (Å²) >= 11 is 0. The SMILES string of the molecule is CCn1c(O)c(N=Nc2ccc(N)c(S(=O)(=O)O)c2)c(C)c(C#N)c1=O. The van der Waals surface area contributed by atoms with Crippen LogP contribution in [0, 0.1) is 18.3 Å². The van der Waals surface area contributed by atoms with Crippen LogP contribution in [0.25, 0.3) is 0 Å². The first kappa shape index (κ1) is 19.1. The van der Waals surface area contributed by atoms with Crippen molar-refractivity contribution >= 4 is 27.2 Å². The second-order valence-electron chi connectivity index (χ2n) is 5.23. The summed E-state index contributed by atoms with van der Waals surface area (Å²) in [6.07, 6.45) is 0. The van der Waals surface area contributed by atoms with Crippen molar-refractivity contribution in [3.05, 3.63) is 39.7 Å². The molecule has 0 aliphatic rings. The zero-order chi connectivity index (χ0) is 19.6. The van der Waals surface area contributed by atoms with E-state index in [-0.39, 0.29) is 34.7 Å². The minimum absolute atomic E-state index is 0.0263. The summed E-state index contributed by atoms with van der Waals surface area (Å²) in [5.41, 5.74) is 4.55. The van der Waals surface area contributed by atoms with E-state index in [2.05, 4.69) is 10.2 Å². The average molecular weight is 377 g/mol. The number of aromatic hydroxyl groups is 1. The maximum atomic E-state index is 12.1. The van der Waals surface area contributed by atoms with Crippen molar-refractivity contribution in [1.29, 1.82) is 5.26 Å². The Morgan fingerprint density at radius 3 is 2.54 bits per heavy atom. The molecule has 0 bridgehead atoms. The number of nitrogens with zero attached hydrogens (tertiary/aromatic N) is 4. The highest BCUT2D eigenvalue weighted by Crippen LogP contribution is 2.33. The predicted octanol–water partition coefficient (Wildman–Crippen LogP) is 2.00. The number of nitriles is 1. The largest absolute Gasteiger partial charge is 0.493 e. The zero-order valence-electron chi connectivity index (χ0n) is 13.8. The van der Waals surface area contributed by atoms with Crippen LogP contribution >= 0.6 is 0 Å². The second kappa shape index (κ2) is 6.95. The van der Waals surface area contributed by atoms with Crippen LogP contribution in [0.4, 0.5) is 17.1 Å². The first-order valence-corrected chi connectivity index (χ1v) is 8.71. The van der Waals surface area contributed by atoms with E-state index < -0.39 is 26.5 Å². The number of rotatable bonds is 4. The van der Waals surface area contributed by atoms with Crippen LogP contribution in [-0.2, 0) is 16.7 Å². The Morgan fingerprint density at radius 1 is 1.35 bits per heavy atom. The van der Waals surface area contributed by atoms with Gasteiger partial charge in [0.05, 0.1) is 11.4 Å². The molecule has 0 saturated carbocycles. The molecule has 11 heteroatoms. The van der Waals surface area contributed by atoms with Crippen LogP contribution in [-0.4, -0.2) is 22.6 Å². The number of hydrogen-bond donors (Lipinski definition) is 3. The smallest absolute Gasteiger partial charge is 0.296 e. The molecule has 0 aliphatic carbocycles. The topological polar surface area (TPSA) is 171 Å². The van der Waals surface area contributed by atoms with Gasteiger partial charge in [0.15, 0.2) is 5.69 Å². The molecule has 0 fully saturated rings. The van der Waals surface area contributed by atoms with Gasteiger partial charge in [-0.1, -0.05) is 0 Å². The van der Waals surface area contributed by atoms with Gasteiger partial charge in [-0.15, -0.1) is 5.11 Å². The highest BCUT2D eigenvalue weighted by molar-refractivity contribution is 7.86. The van der Waals surface area contributed by atoms with Gasteiger partial charge in [0.25, 0.3) is 15.7 Å². The van der Waals surface area contributed by atoms with Gasteiger partial charge in [0.1, 0.15) is 16.5 Å².